The second kappa shape index (κ2) is 4.85. The van der Waals surface area contributed by atoms with Crippen LogP contribution in [0.2, 0.25) is 0 Å². The van der Waals surface area contributed by atoms with Crippen molar-refractivity contribution < 1.29 is 0 Å². The number of nitrogens with zero attached hydrogens (tertiary/aromatic N) is 3. The number of H-pyrrole nitrogens is 1. The lowest BCUT2D eigenvalue weighted by Crippen LogP contribution is -1.74. The number of fused-ring (bicyclic) bond motifs is 1. The lowest BCUT2D eigenvalue weighted by atomic mass is 10.5. The number of hydrogen-bond acceptors (Lipinski definition) is 3. The van der Waals surface area contributed by atoms with Gasteiger partial charge in [-0.3, -0.25) is 4.98 Å². The first-order chi connectivity index (χ1) is 7.47. The third kappa shape index (κ3) is 2.60. The Morgan fingerprint density at radius 1 is 1.00 bits per heavy atom. The molecule has 0 saturated heterocycles. The average molecular weight is 198 g/mol. The van der Waals surface area contributed by atoms with E-state index in [1.165, 1.54) is 6.33 Å². The van der Waals surface area contributed by atoms with Gasteiger partial charge in [-0.2, -0.15) is 0 Å². The fourth-order valence-corrected chi connectivity index (χ4v) is 1.11. The number of hydrogen-bond donors (Lipinski definition) is 1. The summed E-state index contributed by atoms with van der Waals surface area (Å²) in [5, 5.41) is 0. The highest BCUT2D eigenvalue weighted by molar-refractivity contribution is 5.72. The summed E-state index contributed by atoms with van der Waals surface area (Å²) in [5.74, 6) is 0. The van der Waals surface area contributed by atoms with Crippen LogP contribution in [0.4, 0.5) is 0 Å². The molecule has 1 N–H and O–H groups in total. The molecule has 0 aliphatic heterocycles. The van der Waals surface area contributed by atoms with Crippen molar-refractivity contribution in [3.8, 4) is 0 Å². The van der Waals surface area contributed by atoms with Crippen molar-refractivity contribution in [1.82, 2.24) is 19.9 Å². The second-order valence-electron chi connectivity index (χ2n) is 2.82. The van der Waals surface area contributed by atoms with Crippen LogP contribution < -0.4 is 0 Å². The van der Waals surface area contributed by atoms with Gasteiger partial charge in [0.15, 0.2) is 0 Å². The van der Waals surface area contributed by atoms with Gasteiger partial charge in [0.25, 0.3) is 0 Å². The molecule has 3 heterocycles. The Hall–Kier alpha value is -2.23. The highest BCUT2D eigenvalue weighted by Crippen LogP contribution is 2.03. The van der Waals surface area contributed by atoms with E-state index in [0.29, 0.717) is 0 Å². The van der Waals surface area contributed by atoms with Gasteiger partial charge in [0.05, 0.1) is 17.2 Å². The number of nitrogens with one attached hydrogen (secondary N) is 1. The molecule has 0 amide bonds. The summed E-state index contributed by atoms with van der Waals surface area (Å²) >= 11 is 0. The molecule has 4 heteroatoms. The lowest BCUT2D eigenvalue weighted by Gasteiger charge is -1.82. The quantitative estimate of drug-likeness (QED) is 0.601. The largest absolute Gasteiger partial charge is 0.359 e. The van der Waals surface area contributed by atoms with Gasteiger partial charge < -0.3 is 4.98 Å². The Balaban J connectivity index is 0.000000124. The monoisotopic (exact) mass is 198 g/mol. The molecule has 4 nitrogen and oxygen atoms in total. The predicted octanol–water partition coefficient (Wildman–Crippen LogP) is 2.04. The molecule has 0 aliphatic carbocycles. The summed E-state index contributed by atoms with van der Waals surface area (Å²) in [6.07, 6.45) is 8.64. The fourth-order valence-electron chi connectivity index (χ4n) is 1.11. The number of rotatable bonds is 0. The van der Waals surface area contributed by atoms with Crippen molar-refractivity contribution in [2.24, 2.45) is 0 Å². The SMILES string of the molecule is c1ccncc1.c1ncc2[nH]ccc2n1. The summed E-state index contributed by atoms with van der Waals surface area (Å²) in [6, 6.07) is 7.63. The van der Waals surface area contributed by atoms with Gasteiger partial charge in [-0.15, -0.1) is 0 Å². The van der Waals surface area contributed by atoms with Crippen LogP contribution in [-0.4, -0.2) is 19.9 Å². The lowest BCUT2D eigenvalue weighted by molar-refractivity contribution is 1.22. The molecular formula is C11H10N4. The molecule has 0 fully saturated rings. The van der Waals surface area contributed by atoms with E-state index in [1.54, 1.807) is 18.6 Å². The van der Waals surface area contributed by atoms with Crippen molar-refractivity contribution in [3.05, 3.63) is 55.4 Å². The van der Waals surface area contributed by atoms with Crippen LogP contribution >= 0.6 is 0 Å². The summed E-state index contributed by atoms with van der Waals surface area (Å²) in [4.78, 5) is 14.6. The number of pyridine rings is 1. The number of aromatic nitrogens is 4. The van der Waals surface area contributed by atoms with Crippen LogP contribution in [0.1, 0.15) is 0 Å². The summed E-state index contributed by atoms with van der Waals surface area (Å²) in [5.41, 5.74) is 1.95. The van der Waals surface area contributed by atoms with Crippen LogP contribution in [-0.2, 0) is 0 Å². The Labute approximate surface area is 87.0 Å². The maximum Gasteiger partial charge on any atom is 0.116 e. The molecule has 3 aromatic rings. The second-order valence-corrected chi connectivity index (χ2v) is 2.82. The molecule has 0 atom stereocenters. The average Bonchev–Trinajstić information content (AvgIpc) is 2.80. The van der Waals surface area contributed by atoms with Crippen LogP contribution in [0.3, 0.4) is 0 Å². The highest BCUT2D eigenvalue weighted by atomic mass is 14.9. The van der Waals surface area contributed by atoms with E-state index in [9.17, 15) is 0 Å². The predicted molar refractivity (Wildman–Crippen MR) is 58.1 cm³/mol. The summed E-state index contributed by atoms with van der Waals surface area (Å²) in [7, 11) is 0. The maximum absolute atomic E-state index is 4.00. The first kappa shape index (κ1) is 9.33. The van der Waals surface area contributed by atoms with E-state index in [-0.39, 0.29) is 0 Å². The van der Waals surface area contributed by atoms with Crippen LogP contribution in [0.25, 0.3) is 11.0 Å². The molecule has 15 heavy (non-hydrogen) atoms. The van der Waals surface area contributed by atoms with E-state index < -0.39 is 0 Å². The van der Waals surface area contributed by atoms with E-state index >= 15 is 0 Å². The van der Waals surface area contributed by atoms with Gasteiger partial charge in [0.1, 0.15) is 6.33 Å². The first-order valence-electron chi connectivity index (χ1n) is 4.55. The highest BCUT2D eigenvalue weighted by Gasteiger charge is 1.89. The van der Waals surface area contributed by atoms with Crippen molar-refractivity contribution in [2.45, 2.75) is 0 Å². The normalized spacial score (nSPS) is 9.33. The third-order valence-corrected chi connectivity index (χ3v) is 1.79. The smallest absolute Gasteiger partial charge is 0.116 e. The molecular weight excluding hydrogens is 188 g/mol. The fraction of sp³-hybridized carbons (Fsp3) is 0. The van der Waals surface area contributed by atoms with Gasteiger partial charge in [0, 0.05) is 18.6 Å². The Morgan fingerprint density at radius 2 is 1.87 bits per heavy atom. The molecule has 0 spiro atoms. The topological polar surface area (TPSA) is 54.5 Å². The molecule has 0 aromatic carbocycles. The minimum Gasteiger partial charge on any atom is -0.359 e. The van der Waals surface area contributed by atoms with Crippen LogP contribution in [0, 0.1) is 0 Å². The minimum absolute atomic E-state index is 0.963. The number of aromatic amines is 1. The zero-order valence-electron chi connectivity index (χ0n) is 8.04. The molecule has 0 bridgehead atoms. The molecule has 0 radical (unpaired) electrons. The Morgan fingerprint density at radius 3 is 2.47 bits per heavy atom. The van der Waals surface area contributed by atoms with Crippen molar-refractivity contribution >= 4 is 11.0 Å². The zero-order valence-corrected chi connectivity index (χ0v) is 8.04. The molecule has 0 aliphatic rings. The molecule has 3 rings (SSSR count). The van der Waals surface area contributed by atoms with Crippen molar-refractivity contribution in [3.63, 3.8) is 0 Å². The van der Waals surface area contributed by atoms with Gasteiger partial charge in [-0.05, 0) is 18.2 Å². The van der Waals surface area contributed by atoms with Crippen LogP contribution in [0.15, 0.2) is 55.4 Å². The van der Waals surface area contributed by atoms with Gasteiger partial charge in [0.2, 0.25) is 0 Å². The van der Waals surface area contributed by atoms with Gasteiger partial charge in [-0.25, -0.2) is 9.97 Å². The van der Waals surface area contributed by atoms with E-state index in [4.69, 9.17) is 0 Å². The Kier molecular flexibility index (Phi) is 3.02. The van der Waals surface area contributed by atoms with E-state index in [2.05, 4.69) is 19.9 Å². The standard InChI is InChI=1S/C6H5N3.C5H5N/c1-2-8-6-3-7-4-9-5(1)6;1-2-4-6-5-3-1/h1-4,8H;1-5H. The zero-order chi connectivity index (χ0) is 10.3. The molecule has 0 saturated carbocycles. The van der Waals surface area contributed by atoms with Crippen molar-refractivity contribution in [1.29, 1.82) is 0 Å². The summed E-state index contributed by atoms with van der Waals surface area (Å²) in [6.45, 7) is 0. The Bertz CT molecular complexity index is 447. The third-order valence-electron chi connectivity index (χ3n) is 1.79. The van der Waals surface area contributed by atoms with E-state index in [0.717, 1.165) is 11.0 Å². The molecule has 0 unspecified atom stereocenters. The molecule has 74 valence electrons. The van der Waals surface area contributed by atoms with Gasteiger partial charge in [-0.1, -0.05) is 6.07 Å². The summed E-state index contributed by atoms with van der Waals surface area (Å²) < 4.78 is 0. The van der Waals surface area contributed by atoms with E-state index in [1.807, 2.05) is 30.5 Å². The van der Waals surface area contributed by atoms with Gasteiger partial charge >= 0.3 is 0 Å². The molecule has 3 aromatic heterocycles. The minimum atomic E-state index is 0.963. The first-order valence-corrected chi connectivity index (χ1v) is 4.55. The van der Waals surface area contributed by atoms with Crippen LogP contribution in [0.5, 0.6) is 0 Å². The maximum atomic E-state index is 4.00. The van der Waals surface area contributed by atoms with Crippen molar-refractivity contribution in [2.75, 3.05) is 0 Å².